The Labute approximate surface area is 109 Å². The van der Waals surface area contributed by atoms with Crippen molar-refractivity contribution in [1.82, 2.24) is 0 Å². The number of hydrogen-bond donors (Lipinski definition) is 0. The molecule has 18 heavy (non-hydrogen) atoms. The van der Waals surface area contributed by atoms with Crippen molar-refractivity contribution in [1.29, 1.82) is 0 Å². The highest BCUT2D eigenvalue weighted by molar-refractivity contribution is 5.69. The van der Waals surface area contributed by atoms with Crippen LogP contribution in [0.4, 0.5) is 0 Å². The van der Waals surface area contributed by atoms with Crippen LogP contribution in [0.15, 0.2) is 48.0 Å². The number of hydrogen-bond acceptors (Lipinski definition) is 0. The molecule has 0 atom stereocenters. The lowest BCUT2D eigenvalue weighted by Crippen LogP contribution is -1.97. The first-order valence-electron chi connectivity index (χ1n) is 6.59. The van der Waals surface area contributed by atoms with Gasteiger partial charge >= 0.3 is 0 Å². The zero-order valence-electron chi connectivity index (χ0n) is 11.0. The SMILES string of the molecule is CC1=Cc2ccc(-c3cccc(C)c3)cc2CC1. The van der Waals surface area contributed by atoms with Gasteiger partial charge in [-0.15, -0.1) is 0 Å². The van der Waals surface area contributed by atoms with Crippen LogP contribution in [0, 0.1) is 6.92 Å². The van der Waals surface area contributed by atoms with Gasteiger partial charge in [0.2, 0.25) is 0 Å². The lowest BCUT2D eigenvalue weighted by Gasteiger charge is -2.15. The average molecular weight is 234 g/mol. The van der Waals surface area contributed by atoms with Crippen LogP contribution in [0.5, 0.6) is 0 Å². The fourth-order valence-electron chi connectivity index (χ4n) is 2.64. The molecule has 0 heteroatoms. The maximum absolute atomic E-state index is 2.35. The molecule has 0 aromatic heterocycles. The lowest BCUT2D eigenvalue weighted by atomic mass is 9.90. The molecule has 0 saturated carbocycles. The Bertz CT molecular complexity index is 618. The van der Waals surface area contributed by atoms with Crippen molar-refractivity contribution in [2.24, 2.45) is 0 Å². The highest BCUT2D eigenvalue weighted by Gasteiger charge is 2.09. The molecule has 0 nitrogen and oxygen atoms in total. The van der Waals surface area contributed by atoms with Gasteiger partial charge in [-0.05, 0) is 48.9 Å². The number of benzene rings is 2. The van der Waals surface area contributed by atoms with Crippen molar-refractivity contribution in [2.75, 3.05) is 0 Å². The molecule has 2 aromatic rings. The van der Waals surface area contributed by atoms with Crippen molar-refractivity contribution < 1.29 is 0 Å². The van der Waals surface area contributed by atoms with Gasteiger partial charge in [0.1, 0.15) is 0 Å². The Morgan fingerprint density at radius 3 is 2.50 bits per heavy atom. The Morgan fingerprint density at radius 2 is 1.67 bits per heavy atom. The smallest absolute Gasteiger partial charge is 0.0181 e. The van der Waals surface area contributed by atoms with Gasteiger partial charge in [-0.3, -0.25) is 0 Å². The van der Waals surface area contributed by atoms with Crippen molar-refractivity contribution in [3.05, 3.63) is 64.7 Å². The number of rotatable bonds is 1. The fourth-order valence-corrected chi connectivity index (χ4v) is 2.64. The van der Waals surface area contributed by atoms with E-state index in [0.29, 0.717) is 0 Å². The normalized spacial score (nSPS) is 14.0. The first-order chi connectivity index (χ1) is 8.72. The second-order valence-electron chi connectivity index (χ2n) is 5.27. The molecule has 0 heterocycles. The molecule has 0 amide bonds. The van der Waals surface area contributed by atoms with Crippen LogP contribution in [0.1, 0.15) is 30.0 Å². The summed E-state index contributed by atoms with van der Waals surface area (Å²) in [6, 6.07) is 15.6. The summed E-state index contributed by atoms with van der Waals surface area (Å²) in [7, 11) is 0. The molecule has 0 spiro atoms. The van der Waals surface area contributed by atoms with Crippen LogP contribution in [-0.4, -0.2) is 0 Å². The molecule has 0 fully saturated rings. The molecule has 0 radical (unpaired) electrons. The van der Waals surface area contributed by atoms with Crippen LogP contribution < -0.4 is 0 Å². The summed E-state index contributed by atoms with van der Waals surface area (Å²) in [4.78, 5) is 0. The predicted molar refractivity (Wildman–Crippen MR) is 78.6 cm³/mol. The molecule has 0 unspecified atom stereocenters. The topological polar surface area (TPSA) is 0 Å². The molecule has 0 saturated heterocycles. The Kier molecular flexibility index (Phi) is 2.79. The van der Waals surface area contributed by atoms with E-state index in [-0.39, 0.29) is 0 Å². The Hall–Kier alpha value is -1.82. The van der Waals surface area contributed by atoms with Gasteiger partial charge < -0.3 is 0 Å². The van der Waals surface area contributed by atoms with Gasteiger partial charge in [-0.2, -0.15) is 0 Å². The zero-order chi connectivity index (χ0) is 12.5. The fraction of sp³-hybridized carbons (Fsp3) is 0.222. The molecular formula is C18H18. The van der Waals surface area contributed by atoms with Crippen molar-refractivity contribution in [2.45, 2.75) is 26.7 Å². The summed E-state index contributed by atoms with van der Waals surface area (Å²) in [6.07, 6.45) is 4.69. The van der Waals surface area contributed by atoms with E-state index in [9.17, 15) is 0 Å². The lowest BCUT2D eigenvalue weighted by molar-refractivity contribution is 0.928. The van der Waals surface area contributed by atoms with Gasteiger partial charge in [0.25, 0.3) is 0 Å². The maximum atomic E-state index is 2.35. The molecule has 3 rings (SSSR count). The minimum absolute atomic E-state index is 1.18. The molecule has 0 N–H and O–H groups in total. The Balaban J connectivity index is 2.06. The molecule has 0 bridgehead atoms. The van der Waals surface area contributed by atoms with E-state index in [2.05, 4.69) is 62.4 Å². The highest BCUT2D eigenvalue weighted by atomic mass is 14.1. The van der Waals surface area contributed by atoms with E-state index in [1.807, 2.05) is 0 Å². The van der Waals surface area contributed by atoms with Crippen LogP contribution in [0.2, 0.25) is 0 Å². The third kappa shape index (κ3) is 2.11. The molecule has 2 aromatic carbocycles. The van der Waals surface area contributed by atoms with E-state index in [0.717, 1.165) is 0 Å². The van der Waals surface area contributed by atoms with Crippen molar-refractivity contribution in [3.8, 4) is 11.1 Å². The van der Waals surface area contributed by atoms with E-state index in [1.165, 1.54) is 46.2 Å². The van der Waals surface area contributed by atoms with E-state index >= 15 is 0 Å². The standard InChI is InChI=1S/C18H18/c1-13-4-3-5-15(10-13)18-9-8-16-11-14(2)6-7-17(16)12-18/h3-5,8-12H,6-7H2,1-2H3. The van der Waals surface area contributed by atoms with Crippen LogP contribution >= 0.6 is 0 Å². The number of aryl methyl sites for hydroxylation is 2. The van der Waals surface area contributed by atoms with Crippen molar-refractivity contribution >= 4 is 6.08 Å². The average Bonchev–Trinajstić information content (AvgIpc) is 2.38. The largest absolute Gasteiger partial charge is 0.0724 e. The number of allylic oxidation sites excluding steroid dienone is 1. The van der Waals surface area contributed by atoms with Crippen LogP contribution in [0.3, 0.4) is 0 Å². The summed E-state index contributed by atoms with van der Waals surface area (Å²) in [5.74, 6) is 0. The van der Waals surface area contributed by atoms with Gasteiger partial charge in [0.05, 0.1) is 0 Å². The maximum Gasteiger partial charge on any atom is -0.0181 e. The third-order valence-electron chi connectivity index (χ3n) is 3.68. The third-order valence-corrected chi connectivity index (χ3v) is 3.68. The minimum Gasteiger partial charge on any atom is -0.0724 e. The summed E-state index contributed by atoms with van der Waals surface area (Å²) >= 11 is 0. The molecule has 0 aliphatic heterocycles. The zero-order valence-corrected chi connectivity index (χ0v) is 11.0. The summed E-state index contributed by atoms with van der Waals surface area (Å²) < 4.78 is 0. The summed E-state index contributed by atoms with van der Waals surface area (Å²) in [5.41, 5.74) is 8.36. The van der Waals surface area contributed by atoms with E-state index in [4.69, 9.17) is 0 Å². The number of fused-ring (bicyclic) bond motifs is 1. The van der Waals surface area contributed by atoms with Gasteiger partial charge in [-0.25, -0.2) is 0 Å². The predicted octanol–water partition coefficient (Wildman–Crippen LogP) is 5.01. The molecular weight excluding hydrogens is 216 g/mol. The van der Waals surface area contributed by atoms with Crippen LogP contribution in [-0.2, 0) is 6.42 Å². The summed E-state index contributed by atoms with van der Waals surface area (Å²) in [5, 5.41) is 0. The quantitative estimate of drug-likeness (QED) is 0.650. The van der Waals surface area contributed by atoms with Crippen LogP contribution in [0.25, 0.3) is 17.2 Å². The second kappa shape index (κ2) is 4.45. The first kappa shape index (κ1) is 11.3. The molecule has 90 valence electrons. The first-order valence-corrected chi connectivity index (χ1v) is 6.59. The van der Waals surface area contributed by atoms with Crippen molar-refractivity contribution in [3.63, 3.8) is 0 Å². The second-order valence-corrected chi connectivity index (χ2v) is 5.27. The molecule has 1 aliphatic rings. The summed E-state index contributed by atoms with van der Waals surface area (Å²) in [6.45, 7) is 4.37. The van der Waals surface area contributed by atoms with E-state index < -0.39 is 0 Å². The van der Waals surface area contributed by atoms with Gasteiger partial charge in [0, 0.05) is 0 Å². The minimum atomic E-state index is 1.18. The Morgan fingerprint density at radius 1 is 0.833 bits per heavy atom. The molecule has 1 aliphatic carbocycles. The van der Waals surface area contributed by atoms with Gasteiger partial charge in [-0.1, -0.05) is 59.7 Å². The monoisotopic (exact) mass is 234 g/mol. The van der Waals surface area contributed by atoms with E-state index in [1.54, 1.807) is 0 Å². The highest BCUT2D eigenvalue weighted by Crippen LogP contribution is 2.28. The van der Waals surface area contributed by atoms with Gasteiger partial charge in [0.15, 0.2) is 0 Å².